The number of carbonyl (C=O) groups is 3. The van der Waals surface area contributed by atoms with Gasteiger partial charge in [-0.2, -0.15) is 0 Å². The molecule has 3 amide bonds. The van der Waals surface area contributed by atoms with Gasteiger partial charge < -0.3 is 20.9 Å². The molecule has 2 heterocycles. The van der Waals surface area contributed by atoms with Gasteiger partial charge in [0.1, 0.15) is 6.04 Å². The van der Waals surface area contributed by atoms with Crippen LogP contribution in [0.3, 0.4) is 0 Å². The third-order valence-corrected chi connectivity index (χ3v) is 9.32. The lowest BCUT2D eigenvalue weighted by Crippen LogP contribution is -2.50. The van der Waals surface area contributed by atoms with Crippen molar-refractivity contribution in [1.82, 2.24) is 29.8 Å². The number of hydrogen-bond acceptors (Lipinski definition) is 6. The van der Waals surface area contributed by atoms with Crippen LogP contribution < -0.4 is 21.6 Å². The monoisotopic (exact) mass is 578 g/mol. The summed E-state index contributed by atoms with van der Waals surface area (Å²) in [4.78, 5) is 53.9. The maximum Gasteiger partial charge on any atom is 0.326 e. The molecule has 2 bridgehead atoms. The minimum atomic E-state index is -3.52. The number of benzene rings is 1. The third kappa shape index (κ3) is 8.17. The van der Waals surface area contributed by atoms with E-state index in [0.717, 1.165) is 0 Å². The van der Waals surface area contributed by atoms with E-state index in [4.69, 9.17) is 0 Å². The molecule has 0 unspecified atom stereocenters. The Morgan fingerprint density at radius 2 is 1.68 bits per heavy atom. The molecule has 12 nitrogen and oxygen atoms in total. The number of imidazole rings is 1. The topological polar surface area (TPSA) is 162 Å². The normalized spacial score (nSPS) is 20.4. The number of carbonyl (C=O) groups excluding carboxylic acids is 3. The highest BCUT2D eigenvalue weighted by atomic mass is 32.2. The molecule has 2 atom stereocenters. The van der Waals surface area contributed by atoms with Gasteiger partial charge in [-0.1, -0.05) is 27.2 Å². The Bertz CT molecular complexity index is 1350. The molecule has 1 aliphatic rings. The fourth-order valence-electron chi connectivity index (χ4n) is 4.77. The number of fused-ring (bicyclic) bond motifs is 1. The van der Waals surface area contributed by atoms with Crippen molar-refractivity contribution in [2.45, 2.75) is 71.9 Å². The molecule has 13 heteroatoms. The summed E-state index contributed by atoms with van der Waals surface area (Å²) in [5.41, 5.74) is 1.25. The Hall–Kier alpha value is -3.19. The van der Waals surface area contributed by atoms with Crippen molar-refractivity contribution in [3.8, 4) is 0 Å². The summed E-state index contributed by atoms with van der Waals surface area (Å²) in [5, 5.41) is 8.53. The molecule has 1 aliphatic heterocycles. The first-order chi connectivity index (χ1) is 19.1. The van der Waals surface area contributed by atoms with E-state index in [0.29, 0.717) is 61.8 Å². The molecule has 3 rings (SSSR count). The minimum Gasteiger partial charge on any atom is -0.354 e. The van der Waals surface area contributed by atoms with Crippen LogP contribution in [0.2, 0.25) is 0 Å². The maximum absolute atomic E-state index is 13.0. The number of aromatic amines is 1. The molecular weight excluding hydrogens is 536 g/mol. The minimum absolute atomic E-state index is 0.000195. The second kappa shape index (κ2) is 14.4. The Balaban J connectivity index is 1.85. The average Bonchev–Trinajstić information content (AvgIpc) is 3.23. The molecule has 1 aromatic carbocycles. The van der Waals surface area contributed by atoms with Gasteiger partial charge in [0, 0.05) is 44.7 Å². The molecule has 2 aromatic rings. The van der Waals surface area contributed by atoms with Crippen molar-refractivity contribution < 1.29 is 22.8 Å². The number of nitrogens with zero attached hydrogens (tertiary/aromatic N) is 2. The van der Waals surface area contributed by atoms with Crippen LogP contribution in [0.5, 0.6) is 0 Å². The summed E-state index contributed by atoms with van der Waals surface area (Å²) < 4.78 is 28.6. The Morgan fingerprint density at radius 3 is 2.40 bits per heavy atom. The molecule has 0 saturated heterocycles. The fraction of sp³-hybridized carbons (Fsp3) is 0.630. The first-order valence-electron chi connectivity index (χ1n) is 14.1. The van der Waals surface area contributed by atoms with Crippen LogP contribution in [0.1, 0.15) is 69.7 Å². The molecule has 0 saturated carbocycles. The molecular formula is C27H42N6O6S. The standard InChI is InChI=1S/C27H42N6O6S/c1-4-17-40(38,39)32-14-6-9-23(34)31-24(19(3)5-2)26(36)29-13-8-16-33-22-18-20(25(35)28-12-7-15-32)10-11-21(22)30-27(33)37/h10-11,18-19,24H,4-9,12-17H2,1-3H3,(H,28,35)(H,29,36)(H,30,37)(H,31,34)/t19-,24-/m0/s1. The van der Waals surface area contributed by atoms with E-state index in [1.807, 2.05) is 13.8 Å². The highest BCUT2D eigenvalue weighted by Gasteiger charge is 2.26. The first-order valence-corrected chi connectivity index (χ1v) is 15.7. The lowest BCUT2D eigenvalue weighted by Gasteiger charge is -2.24. The van der Waals surface area contributed by atoms with Crippen LogP contribution in [0.25, 0.3) is 11.0 Å². The predicted molar refractivity (Wildman–Crippen MR) is 153 cm³/mol. The Morgan fingerprint density at radius 1 is 0.975 bits per heavy atom. The summed E-state index contributed by atoms with van der Waals surface area (Å²) >= 11 is 0. The number of aryl methyl sites for hydroxylation is 1. The molecule has 0 aliphatic carbocycles. The van der Waals surface area contributed by atoms with Crippen LogP contribution in [-0.4, -0.2) is 78.0 Å². The zero-order valence-corrected chi connectivity index (χ0v) is 24.4. The van der Waals surface area contributed by atoms with Gasteiger partial charge in [-0.3, -0.25) is 19.0 Å². The number of rotatable bonds is 5. The van der Waals surface area contributed by atoms with Gasteiger partial charge in [-0.25, -0.2) is 17.5 Å². The SMILES string of the molecule is CCCS(=O)(=O)N1CCCNC(=O)c2ccc3[nH]c(=O)n(c3c2)CCCNC(=O)[C@H]([C@@H](C)CC)NC(=O)CCC1. The maximum atomic E-state index is 13.0. The summed E-state index contributed by atoms with van der Waals surface area (Å²) in [7, 11) is -3.52. The zero-order valence-electron chi connectivity index (χ0n) is 23.6. The van der Waals surface area contributed by atoms with Crippen molar-refractivity contribution in [2.75, 3.05) is 31.9 Å². The van der Waals surface area contributed by atoms with E-state index >= 15 is 0 Å². The Labute approximate surface area is 235 Å². The van der Waals surface area contributed by atoms with Gasteiger partial charge in [-0.05, 0) is 49.8 Å². The van der Waals surface area contributed by atoms with Crippen molar-refractivity contribution in [3.05, 3.63) is 34.2 Å². The molecule has 222 valence electrons. The van der Waals surface area contributed by atoms with Crippen LogP contribution in [0.4, 0.5) is 0 Å². The van der Waals surface area contributed by atoms with Crippen LogP contribution in [0, 0.1) is 5.92 Å². The van der Waals surface area contributed by atoms with Crippen molar-refractivity contribution in [1.29, 1.82) is 0 Å². The molecule has 40 heavy (non-hydrogen) atoms. The second-order valence-electron chi connectivity index (χ2n) is 10.3. The number of aromatic nitrogens is 2. The van der Waals surface area contributed by atoms with E-state index in [1.165, 1.54) is 8.87 Å². The van der Waals surface area contributed by atoms with Crippen LogP contribution >= 0.6 is 0 Å². The van der Waals surface area contributed by atoms with E-state index in [9.17, 15) is 27.6 Å². The number of nitrogens with one attached hydrogen (secondary N) is 4. The summed E-state index contributed by atoms with van der Waals surface area (Å²) in [6.45, 7) is 6.89. The lowest BCUT2D eigenvalue weighted by molar-refractivity contribution is -0.130. The van der Waals surface area contributed by atoms with E-state index in [2.05, 4.69) is 20.9 Å². The van der Waals surface area contributed by atoms with Crippen molar-refractivity contribution in [2.24, 2.45) is 5.92 Å². The summed E-state index contributed by atoms with van der Waals surface area (Å²) in [6, 6.07) is 4.24. The third-order valence-electron chi connectivity index (χ3n) is 7.24. The van der Waals surface area contributed by atoms with Gasteiger partial charge in [0.25, 0.3) is 5.91 Å². The number of amides is 3. The highest BCUT2D eigenvalue weighted by molar-refractivity contribution is 7.89. The van der Waals surface area contributed by atoms with Gasteiger partial charge in [0.2, 0.25) is 21.8 Å². The number of hydrogen-bond donors (Lipinski definition) is 4. The van der Waals surface area contributed by atoms with Gasteiger partial charge in [0.15, 0.2) is 0 Å². The van der Waals surface area contributed by atoms with Gasteiger partial charge in [0.05, 0.1) is 16.8 Å². The zero-order chi connectivity index (χ0) is 29.3. The number of H-pyrrole nitrogens is 1. The van der Waals surface area contributed by atoms with E-state index in [1.54, 1.807) is 25.1 Å². The van der Waals surface area contributed by atoms with Crippen molar-refractivity contribution >= 4 is 38.8 Å². The van der Waals surface area contributed by atoms with Crippen LogP contribution in [-0.2, 0) is 26.2 Å². The second-order valence-corrected chi connectivity index (χ2v) is 12.4. The molecule has 0 fully saturated rings. The Kier molecular flexibility index (Phi) is 11.3. The number of sulfonamides is 1. The first kappa shape index (κ1) is 31.3. The van der Waals surface area contributed by atoms with Gasteiger partial charge in [-0.15, -0.1) is 0 Å². The summed E-state index contributed by atoms with van der Waals surface area (Å²) in [6.07, 6.45) is 2.41. The van der Waals surface area contributed by atoms with Crippen molar-refractivity contribution in [3.63, 3.8) is 0 Å². The summed E-state index contributed by atoms with van der Waals surface area (Å²) in [5.74, 6) is -1.04. The largest absolute Gasteiger partial charge is 0.354 e. The smallest absolute Gasteiger partial charge is 0.326 e. The van der Waals surface area contributed by atoms with Crippen LogP contribution in [0.15, 0.2) is 23.0 Å². The molecule has 4 N–H and O–H groups in total. The molecule has 1 aromatic heterocycles. The van der Waals surface area contributed by atoms with Gasteiger partial charge >= 0.3 is 5.69 Å². The predicted octanol–water partition coefficient (Wildman–Crippen LogP) is 1.32. The fourth-order valence-corrected chi connectivity index (χ4v) is 6.36. The quantitative estimate of drug-likeness (QED) is 0.418. The highest BCUT2D eigenvalue weighted by Crippen LogP contribution is 2.14. The lowest BCUT2D eigenvalue weighted by atomic mass is 9.98. The molecule has 0 radical (unpaired) electrons. The van der Waals surface area contributed by atoms with E-state index in [-0.39, 0.29) is 61.1 Å². The van der Waals surface area contributed by atoms with E-state index < -0.39 is 16.1 Å². The molecule has 0 spiro atoms. The average molecular weight is 579 g/mol.